The average molecular weight is 259 g/mol. The van der Waals surface area contributed by atoms with Gasteiger partial charge in [-0.3, -0.25) is 4.79 Å². The molecule has 5 nitrogen and oxygen atoms in total. The van der Waals surface area contributed by atoms with Crippen molar-refractivity contribution in [2.24, 2.45) is 5.92 Å². The molecule has 2 fully saturated rings. The summed E-state index contributed by atoms with van der Waals surface area (Å²) in [5, 5.41) is 0. The zero-order valence-electron chi connectivity index (χ0n) is 11.2. The second-order valence-corrected chi connectivity index (χ2v) is 5.49. The van der Waals surface area contributed by atoms with Crippen molar-refractivity contribution in [3.8, 4) is 0 Å². The smallest absolute Gasteiger partial charge is 0.312 e. The summed E-state index contributed by atoms with van der Waals surface area (Å²) in [5.74, 6) is 0.801. The molecule has 0 spiro atoms. The highest BCUT2D eigenvalue weighted by molar-refractivity contribution is 6.20. The van der Waals surface area contributed by atoms with E-state index in [0.717, 1.165) is 18.4 Å². The number of hydrogen-bond acceptors (Lipinski definition) is 3. The summed E-state index contributed by atoms with van der Waals surface area (Å²) in [6, 6.07) is 3.11. The molecule has 2 aliphatic rings. The molecule has 0 aliphatic carbocycles. The minimum atomic E-state index is -0.293. The van der Waals surface area contributed by atoms with Crippen LogP contribution in [-0.4, -0.2) is 34.4 Å². The largest absolute Gasteiger partial charge is 0.333 e. The second kappa shape index (κ2) is 4.33. The van der Waals surface area contributed by atoms with Gasteiger partial charge in [0.2, 0.25) is 0 Å². The maximum Gasteiger partial charge on any atom is 0.333 e. The van der Waals surface area contributed by atoms with E-state index >= 15 is 0 Å². The summed E-state index contributed by atoms with van der Waals surface area (Å²) >= 11 is 0. The molecule has 100 valence electrons. The van der Waals surface area contributed by atoms with E-state index < -0.39 is 0 Å². The third-order valence-electron chi connectivity index (χ3n) is 3.94. The molecule has 5 heteroatoms. The Labute approximate surface area is 112 Å². The summed E-state index contributed by atoms with van der Waals surface area (Å²) in [6.07, 6.45) is 3.35. The Hall–Kier alpha value is -1.91. The first-order valence-electron chi connectivity index (χ1n) is 6.65. The van der Waals surface area contributed by atoms with Gasteiger partial charge in [0.05, 0.1) is 0 Å². The molecule has 0 unspecified atom stereocenters. The van der Waals surface area contributed by atoms with Crippen LogP contribution in [0.3, 0.4) is 0 Å². The predicted molar refractivity (Wildman–Crippen MR) is 70.7 cm³/mol. The number of anilines is 1. The standard InChI is InChI=1S/C14H17N3O2/c1-9-3-5-15-12(8-9)17-13(18)11-7-10(2)4-6-16(11)14(17)19/h3,5,8,10-11H,4,6-7H2,1-2H3/t10-,11+/m1/s1. The Balaban J connectivity index is 1.95. The first kappa shape index (κ1) is 12.1. The number of rotatable bonds is 1. The van der Waals surface area contributed by atoms with E-state index in [4.69, 9.17) is 0 Å². The molecular formula is C14H17N3O2. The number of nitrogens with zero attached hydrogens (tertiary/aromatic N) is 3. The molecule has 0 bridgehead atoms. The van der Waals surface area contributed by atoms with Gasteiger partial charge in [0.15, 0.2) is 0 Å². The fourth-order valence-corrected chi connectivity index (χ4v) is 2.83. The molecule has 0 aromatic carbocycles. The molecule has 2 aliphatic heterocycles. The number of piperidine rings is 1. The summed E-state index contributed by atoms with van der Waals surface area (Å²) < 4.78 is 0. The maximum absolute atomic E-state index is 12.4. The number of pyridine rings is 1. The SMILES string of the molecule is Cc1ccnc(N2C(=O)[C@@H]3C[C@H](C)CCN3C2=O)c1. The van der Waals surface area contributed by atoms with Crippen LogP contribution in [0.1, 0.15) is 25.3 Å². The van der Waals surface area contributed by atoms with E-state index in [1.807, 2.05) is 13.0 Å². The number of hydrogen-bond donors (Lipinski definition) is 0. The van der Waals surface area contributed by atoms with Crippen molar-refractivity contribution in [2.45, 2.75) is 32.7 Å². The molecule has 0 N–H and O–H groups in total. The molecule has 0 radical (unpaired) electrons. The lowest BCUT2D eigenvalue weighted by molar-refractivity contribution is -0.120. The van der Waals surface area contributed by atoms with Crippen LogP contribution in [-0.2, 0) is 4.79 Å². The van der Waals surface area contributed by atoms with Crippen molar-refractivity contribution in [3.63, 3.8) is 0 Å². The third kappa shape index (κ3) is 1.89. The van der Waals surface area contributed by atoms with Crippen LogP contribution in [0.4, 0.5) is 10.6 Å². The highest BCUT2D eigenvalue weighted by atomic mass is 16.2. The number of imide groups is 1. The van der Waals surface area contributed by atoms with E-state index in [-0.39, 0.29) is 18.0 Å². The summed E-state index contributed by atoms with van der Waals surface area (Å²) in [7, 11) is 0. The lowest BCUT2D eigenvalue weighted by Crippen LogP contribution is -2.41. The molecule has 3 amide bonds. The Bertz CT molecular complexity index is 543. The Morgan fingerprint density at radius 3 is 2.89 bits per heavy atom. The first-order chi connectivity index (χ1) is 9.08. The van der Waals surface area contributed by atoms with Crippen molar-refractivity contribution in [1.82, 2.24) is 9.88 Å². The average Bonchev–Trinajstić information content (AvgIpc) is 2.61. The quantitative estimate of drug-likeness (QED) is 0.724. The number of aromatic nitrogens is 1. The van der Waals surface area contributed by atoms with Gasteiger partial charge in [0.25, 0.3) is 5.91 Å². The van der Waals surface area contributed by atoms with Crippen LogP contribution in [0.2, 0.25) is 0 Å². The summed E-state index contributed by atoms with van der Waals surface area (Å²) in [6.45, 7) is 4.72. The number of urea groups is 1. The van der Waals surface area contributed by atoms with E-state index in [2.05, 4.69) is 11.9 Å². The van der Waals surface area contributed by atoms with Crippen LogP contribution < -0.4 is 4.90 Å². The number of amides is 3. The van der Waals surface area contributed by atoms with E-state index in [0.29, 0.717) is 18.3 Å². The van der Waals surface area contributed by atoms with Gasteiger partial charge < -0.3 is 4.90 Å². The molecule has 3 heterocycles. The number of carbonyl (C=O) groups excluding carboxylic acids is 2. The van der Waals surface area contributed by atoms with E-state index in [1.165, 1.54) is 4.90 Å². The molecule has 2 saturated heterocycles. The van der Waals surface area contributed by atoms with Gasteiger partial charge in [-0.1, -0.05) is 6.92 Å². The Morgan fingerprint density at radius 1 is 1.37 bits per heavy atom. The summed E-state index contributed by atoms with van der Waals surface area (Å²) in [5.41, 5.74) is 0.990. The van der Waals surface area contributed by atoms with Crippen molar-refractivity contribution < 1.29 is 9.59 Å². The third-order valence-corrected chi connectivity index (χ3v) is 3.94. The molecular weight excluding hydrogens is 242 g/mol. The molecule has 1 aromatic heterocycles. The monoisotopic (exact) mass is 259 g/mol. The normalized spacial score (nSPS) is 26.8. The topological polar surface area (TPSA) is 53.5 Å². The molecule has 3 rings (SSSR count). The molecule has 2 atom stereocenters. The van der Waals surface area contributed by atoms with Crippen molar-refractivity contribution in [3.05, 3.63) is 23.9 Å². The van der Waals surface area contributed by atoms with Gasteiger partial charge in [-0.05, 0) is 43.4 Å². The molecule has 0 saturated carbocycles. The van der Waals surface area contributed by atoms with E-state index in [1.54, 1.807) is 17.2 Å². The van der Waals surface area contributed by atoms with E-state index in [9.17, 15) is 9.59 Å². The van der Waals surface area contributed by atoms with Gasteiger partial charge in [0, 0.05) is 12.7 Å². The fraction of sp³-hybridized carbons (Fsp3) is 0.500. The predicted octanol–water partition coefficient (Wildman–Crippen LogP) is 1.96. The van der Waals surface area contributed by atoms with Crippen LogP contribution in [0.15, 0.2) is 18.3 Å². The van der Waals surface area contributed by atoms with Gasteiger partial charge in [-0.15, -0.1) is 0 Å². The van der Waals surface area contributed by atoms with Crippen LogP contribution in [0.5, 0.6) is 0 Å². The molecule has 1 aromatic rings. The highest BCUT2D eigenvalue weighted by Crippen LogP contribution is 2.32. The lowest BCUT2D eigenvalue weighted by Gasteiger charge is -2.30. The summed E-state index contributed by atoms with van der Waals surface area (Å²) in [4.78, 5) is 31.9. The van der Waals surface area contributed by atoms with Gasteiger partial charge in [-0.25, -0.2) is 14.7 Å². The van der Waals surface area contributed by atoms with Crippen LogP contribution >= 0.6 is 0 Å². The van der Waals surface area contributed by atoms with Crippen molar-refractivity contribution in [2.75, 3.05) is 11.4 Å². The Kier molecular flexibility index (Phi) is 2.77. The number of carbonyl (C=O) groups is 2. The van der Waals surface area contributed by atoms with Crippen LogP contribution in [0.25, 0.3) is 0 Å². The minimum absolute atomic E-state index is 0.130. The second-order valence-electron chi connectivity index (χ2n) is 5.49. The number of aryl methyl sites for hydroxylation is 1. The lowest BCUT2D eigenvalue weighted by atomic mass is 9.93. The minimum Gasteiger partial charge on any atom is -0.312 e. The fourth-order valence-electron chi connectivity index (χ4n) is 2.83. The Morgan fingerprint density at radius 2 is 2.16 bits per heavy atom. The maximum atomic E-state index is 12.4. The van der Waals surface area contributed by atoms with Gasteiger partial charge >= 0.3 is 6.03 Å². The molecule has 19 heavy (non-hydrogen) atoms. The highest BCUT2D eigenvalue weighted by Gasteiger charge is 2.48. The number of fused-ring (bicyclic) bond motifs is 1. The van der Waals surface area contributed by atoms with Crippen molar-refractivity contribution >= 4 is 17.8 Å². The first-order valence-corrected chi connectivity index (χ1v) is 6.65. The zero-order chi connectivity index (χ0) is 13.6. The van der Waals surface area contributed by atoms with Crippen molar-refractivity contribution in [1.29, 1.82) is 0 Å². The van der Waals surface area contributed by atoms with Gasteiger partial charge in [-0.2, -0.15) is 0 Å². The van der Waals surface area contributed by atoms with Gasteiger partial charge in [0.1, 0.15) is 11.9 Å². The van der Waals surface area contributed by atoms with Crippen LogP contribution in [0, 0.1) is 12.8 Å². The zero-order valence-corrected chi connectivity index (χ0v) is 11.2.